The highest BCUT2D eigenvalue weighted by atomic mass is 16.6. The summed E-state index contributed by atoms with van der Waals surface area (Å²) in [6.45, 7) is 6.59. The molecule has 0 aromatic carbocycles. The van der Waals surface area contributed by atoms with Gasteiger partial charge in [0, 0.05) is 19.3 Å². The van der Waals surface area contributed by atoms with E-state index >= 15 is 0 Å². The summed E-state index contributed by atoms with van der Waals surface area (Å²) in [7, 11) is 0. The largest absolute Gasteiger partial charge is 0.462 e. The van der Waals surface area contributed by atoms with Crippen LogP contribution in [-0.2, 0) is 28.6 Å². The fourth-order valence-corrected chi connectivity index (χ4v) is 6.15. The minimum atomic E-state index is -0.755. The molecule has 0 rings (SSSR count). The zero-order valence-electron chi connectivity index (χ0n) is 32.3. The van der Waals surface area contributed by atoms with E-state index in [2.05, 4.69) is 20.8 Å². The number of carbonyl (C=O) groups is 3. The number of esters is 3. The van der Waals surface area contributed by atoms with E-state index in [1.165, 1.54) is 135 Å². The second-order valence-corrected chi connectivity index (χ2v) is 14.3. The summed E-state index contributed by atoms with van der Waals surface area (Å²) in [6.07, 6.45) is 36.6. The van der Waals surface area contributed by atoms with Gasteiger partial charge in [-0.1, -0.05) is 194 Å². The number of hydrogen-bond acceptors (Lipinski definition) is 6. The molecule has 1 atom stereocenters. The fraction of sp³-hybridized carbons (Fsp3) is 0.929. The van der Waals surface area contributed by atoms with E-state index in [1.807, 2.05) is 0 Å². The van der Waals surface area contributed by atoms with Crippen LogP contribution in [0.1, 0.15) is 233 Å². The van der Waals surface area contributed by atoms with Crippen LogP contribution < -0.4 is 0 Å². The van der Waals surface area contributed by atoms with Gasteiger partial charge in [0.15, 0.2) is 6.10 Å². The molecule has 0 amide bonds. The van der Waals surface area contributed by atoms with Gasteiger partial charge in [-0.3, -0.25) is 14.4 Å². The molecule has 48 heavy (non-hydrogen) atoms. The van der Waals surface area contributed by atoms with Gasteiger partial charge in [0.1, 0.15) is 13.2 Å². The second-order valence-electron chi connectivity index (χ2n) is 14.3. The molecule has 0 saturated heterocycles. The molecular formula is C42H80O6. The summed E-state index contributed by atoms with van der Waals surface area (Å²) >= 11 is 0. The van der Waals surface area contributed by atoms with E-state index < -0.39 is 6.10 Å². The molecule has 0 radical (unpaired) electrons. The standard InChI is InChI=1S/C42H80O6/c1-4-7-10-13-16-18-20-22-24-27-30-33-36-42(45)48-39(37-46-40(43)34-31-28-25-15-12-9-6-3)38-47-41(44)35-32-29-26-23-21-19-17-14-11-8-5-2/h39H,4-38H2,1-3H3/t39-/m1/s1. The van der Waals surface area contributed by atoms with Gasteiger partial charge in [0.05, 0.1) is 0 Å². The van der Waals surface area contributed by atoms with Crippen molar-refractivity contribution in [1.82, 2.24) is 0 Å². The summed E-state index contributed by atoms with van der Waals surface area (Å²) in [5.41, 5.74) is 0. The Labute approximate surface area is 298 Å². The van der Waals surface area contributed by atoms with E-state index in [9.17, 15) is 14.4 Å². The molecule has 0 spiro atoms. The predicted molar refractivity (Wildman–Crippen MR) is 201 cm³/mol. The van der Waals surface area contributed by atoms with Crippen LogP contribution in [0, 0.1) is 0 Å². The Hall–Kier alpha value is -1.59. The van der Waals surface area contributed by atoms with Crippen LogP contribution in [0.5, 0.6) is 0 Å². The second kappa shape index (κ2) is 38.2. The summed E-state index contributed by atoms with van der Waals surface area (Å²) in [6, 6.07) is 0. The molecule has 0 bridgehead atoms. The molecular weight excluding hydrogens is 600 g/mol. The molecule has 0 aliphatic carbocycles. The minimum absolute atomic E-state index is 0.0637. The third-order valence-corrected chi connectivity index (χ3v) is 9.36. The van der Waals surface area contributed by atoms with Crippen LogP contribution in [0.25, 0.3) is 0 Å². The van der Waals surface area contributed by atoms with Crippen LogP contribution >= 0.6 is 0 Å². The molecule has 0 aromatic rings. The molecule has 0 aromatic heterocycles. The molecule has 6 nitrogen and oxygen atoms in total. The molecule has 0 saturated carbocycles. The molecule has 0 fully saturated rings. The third-order valence-electron chi connectivity index (χ3n) is 9.36. The van der Waals surface area contributed by atoms with Crippen LogP contribution in [0.15, 0.2) is 0 Å². The van der Waals surface area contributed by atoms with Crippen molar-refractivity contribution in [3.8, 4) is 0 Å². The van der Waals surface area contributed by atoms with Crippen molar-refractivity contribution in [2.45, 2.75) is 239 Å². The van der Waals surface area contributed by atoms with Crippen molar-refractivity contribution in [3.63, 3.8) is 0 Å². The van der Waals surface area contributed by atoms with E-state index in [1.54, 1.807) is 0 Å². The van der Waals surface area contributed by atoms with Gasteiger partial charge < -0.3 is 14.2 Å². The van der Waals surface area contributed by atoms with Crippen LogP contribution in [0.4, 0.5) is 0 Å². The monoisotopic (exact) mass is 681 g/mol. The zero-order chi connectivity index (χ0) is 35.2. The van der Waals surface area contributed by atoms with Crippen LogP contribution in [-0.4, -0.2) is 37.2 Å². The van der Waals surface area contributed by atoms with Gasteiger partial charge >= 0.3 is 17.9 Å². The average molecular weight is 681 g/mol. The van der Waals surface area contributed by atoms with Crippen molar-refractivity contribution in [2.24, 2.45) is 0 Å². The van der Waals surface area contributed by atoms with E-state index in [0.29, 0.717) is 19.3 Å². The van der Waals surface area contributed by atoms with Gasteiger partial charge in [0.2, 0.25) is 0 Å². The van der Waals surface area contributed by atoms with Gasteiger partial charge in [-0.2, -0.15) is 0 Å². The first-order chi connectivity index (χ1) is 23.5. The number of unbranched alkanes of at least 4 members (excludes halogenated alkanes) is 27. The summed E-state index contributed by atoms with van der Waals surface area (Å²) in [5, 5.41) is 0. The Balaban J connectivity index is 4.30. The highest BCUT2D eigenvalue weighted by Gasteiger charge is 2.19. The molecule has 0 heterocycles. The summed E-state index contributed by atoms with van der Waals surface area (Å²) < 4.78 is 16.6. The van der Waals surface area contributed by atoms with Crippen LogP contribution in [0.3, 0.4) is 0 Å². The van der Waals surface area contributed by atoms with Crippen molar-refractivity contribution < 1.29 is 28.6 Å². The number of rotatable bonds is 38. The minimum Gasteiger partial charge on any atom is -0.462 e. The first kappa shape index (κ1) is 46.4. The Morgan fingerprint density at radius 3 is 0.833 bits per heavy atom. The van der Waals surface area contributed by atoms with Crippen LogP contribution in [0.2, 0.25) is 0 Å². The van der Waals surface area contributed by atoms with Gasteiger partial charge in [-0.05, 0) is 19.3 Å². The van der Waals surface area contributed by atoms with E-state index in [4.69, 9.17) is 14.2 Å². The Morgan fingerprint density at radius 1 is 0.333 bits per heavy atom. The molecule has 0 unspecified atom stereocenters. The maximum Gasteiger partial charge on any atom is 0.306 e. The Bertz CT molecular complexity index is 708. The van der Waals surface area contributed by atoms with Crippen molar-refractivity contribution in [2.75, 3.05) is 13.2 Å². The Kier molecular flexibility index (Phi) is 36.9. The lowest BCUT2D eigenvalue weighted by atomic mass is 10.0. The maximum atomic E-state index is 12.6. The number of hydrogen-bond donors (Lipinski definition) is 0. The molecule has 0 aliphatic heterocycles. The van der Waals surface area contributed by atoms with Gasteiger partial charge in [-0.15, -0.1) is 0 Å². The third kappa shape index (κ3) is 35.7. The predicted octanol–water partition coefficient (Wildman–Crippen LogP) is 12.9. The average Bonchev–Trinajstić information content (AvgIpc) is 3.08. The highest BCUT2D eigenvalue weighted by molar-refractivity contribution is 5.71. The quantitative estimate of drug-likeness (QED) is 0.0367. The van der Waals surface area contributed by atoms with E-state index in [-0.39, 0.29) is 31.1 Å². The summed E-state index contributed by atoms with van der Waals surface area (Å²) in [5.74, 6) is -0.864. The van der Waals surface area contributed by atoms with E-state index in [0.717, 1.165) is 57.8 Å². The lowest BCUT2D eigenvalue weighted by Crippen LogP contribution is -2.30. The highest BCUT2D eigenvalue weighted by Crippen LogP contribution is 2.15. The van der Waals surface area contributed by atoms with Crippen molar-refractivity contribution >= 4 is 17.9 Å². The molecule has 6 heteroatoms. The normalized spacial score (nSPS) is 11.8. The van der Waals surface area contributed by atoms with Gasteiger partial charge in [0.25, 0.3) is 0 Å². The first-order valence-electron chi connectivity index (χ1n) is 21.0. The topological polar surface area (TPSA) is 78.9 Å². The Morgan fingerprint density at radius 2 is 0.562 bits per heavy atom. The first-order valence-corrected chi connectivity index (χ1v) is 21.0. The van der Waals surface area contributed by atoms with Crippen molar-refractivity contribution in [3.05, 3.63) is 0 Å². The zero-order valence-corrected chi connectivity index (χ0v) is 32.3. The number of ether oxygens (including phenoxy) is 3. The lowest BCUT2D eigenvalue weighted by molar-refractivity contribution is -0.167. The van der Waals surface area contributed by atoms with Gasteiger partial charge in [-0.25, -0.2) is 0 Å². The number of carbonyl (C=O) groups excluding carboxylic acids is 3. The smallest absolute Gasteiger partial charge is 0.306 e. The van der Waals surface area contributed by atoms with Crippen molar-refractivity contribution in [1.29, 1.82) is 0 Å². The fourth-order valence-electron chi connectivity index (χ4n) is 6.15. The molecule has 0 aliphatic rings. The SMILES string of the molecule is CCCCCCCCCCCCCCC(=O)O[C@H](COC(=O)CCCCCCCCC)COC(=O)CCCCCCCCCCCCC. The summed E-state index contributed by atoms with van der Waals surface area (Å²) in [4.78, 5) is 37.4. The maximum absolute atomic E-state index is 12.6. The molecule has 0 N–H and O–H groups in total. The molecule has 284 valence electrons. The lowest BCUT2D eigenvalue weighted by Gasteiger charge is -2.18.